The molecule has 0 saturated heterocycles. The van der Waals surface area contributed by atoms with Crippen molar-refractivity contribution in [1.82, 2.24) is 5.32 Å². The number of carbonyl (C=O) groups excluding carboxylic acids is 2. The third kappa shape index (κ3) is 5.84. The van der Waals surface area contributed by atoms with Crippen LogP contribution in [0.2, 0.25) is 0 Å². The summed E-state index contributed by atoms with van der Waals surface area (Å²) in [6, 6.07) is -0.965. The molecule has 0 aliphatic heterocycles. The van der Waals surface area contributed by atoms with Crippen molar-refractivity contribution in [3.05, 3.63) is 34.9 Å². The van der Waals surface area contributed by atoms with Crippen LogP contribution in [0.5, 0.6) is 0 Å². The number of allylic oxidation sites excluding steroid dienone is 4. The first-order valence-electron chi connectivity index (χ1n) is 11.2. The van der Waals surface area contributed by atoms with Crippen LogP contribution in [0.1, 0.15) is 59.3 Å². The zero-order chi connectivity index (χ0) is 24.1. The largest absolute Gasteiger partial charge is 0.389 e. The van der Waals surface area contributed by atoms with E-state index in [4.69, 9.17) is 27.9 Å². The van der Waals surface area contributed by atoms with Crippen molar-refractivity contribution >= 4 is 34.9 Å². The maximum absolute atomic E-state index is 12.6. The minimum absolute atomic E-state index is 0.103. The van der Waals surface area contributed by atoms with E-state index in [0.717, 1.165) is 12.0 Å². The van der Waals surface area contributed by atoms with Gasteiger partial charge in [-0.3, -0.25) is 9.59 Å². The lowest BCUT2D eigenvalue weighted by atomic mass is 9.65. The summed E-state index contributed by atoms with van der Waals surface area (Å²) in [6.07, 6.45) is 9.57. The fourth-order valence-corrected chi connectivity index (χ4v) is 5.59. The first-order valence-corrected chi connectivity index (χ1v) is 12.0. The minimum atomic E-state index is -2.00. The number of ketones is 1. The number of hydrogen-bond acceptors (Lipinski definition) is 5. The third-order valence-electron chi connectivity index (χ3n) is 6.26. The summed E-state index contributed by atoms with van der Waals surface area (Å²) in [7, 11) is 1.29. The summed E-state index contributed by atoms with van der Waals surface area (Å²) in [5.41, 5.74) is -0.744. The number of alkyl halides is 1. The van der Waals surface area contributed by atoms with E-state index in [9.17, 15) is 19.8 Å². The zero-order valence-electron chi connectivity index (χ0n) is 19.2. The summed E-state index contributed by atoms with van der Waals surface area (Å²) >= 11 is 12.5. The Bertz CT molecular complexity index is 795. The van der Waals surface area contributed by atoms with E-state index in [1.54, 1.807) is 6.08 Å². The Kier molecular flexibility index (Phi) is 9.56. The number of aliphatic hydroxyl groups excluding tert-OH is 1. The average molecular weight is 488 g/mol. The monoisotopic (exact) mass is 487 g/mol. The second kappa shape index (κ2) is 11.3. The van der Waals surface area contributed by atoms with Crippen LogP contribution in [0.3, 0.4) is 0 Å². The van der Waals surface area contributed by atoms with Gasteiger partial charge in [0.1, 0.15) is 17.8 Å². The SMILES string of the molecule is CCCCCC[C@@H](C)/C=C(C)/C=C/C(=O)N[C@H]1C[C@]2(O)C=C(Cl)C(=O)[C@@](Cl)([C@H]2OC)[C@H]1O. The van der Waals surface area contributed by atoms with Crippen LogP contribution in [0.4, 0.5) is 0 Å². The first kappa shape index (κ1) is 27.1. The van der Waals surface area contributed by atoms with E-state index in [2.05, 4.69) is 25.2 Å². The Morgan fingerprint density at radius 1 is 1.38 bits per heavy atom. The molecule has 0 unspecified atom stereocenters. The maximum Gasteiger partial charge on any atom is 0.244 e. The number of Topliss-reactive ketones (excluding diaryl/α,β-unsaturated/α-hetero) is 1. The molecule has 180 valence electrons. The van der Waals surface area contributed by atoms with Gasteiger partial charge < -0.3 is 20.3 Å². The molecule has 2 aliphatic rings. The van der Waals surface area contributed by atoms with Gasteiger partial charge in [-0.05, 0) is 25.3 Å². The summed E-state index contributed by atoms with van der Waals surface area (Å²) < 4.78 is 5.26. The number of fused-ring (bicyclic) bond motifs is 2. The lowest BCUT2D eigenvalue weighted by Crippen LogP contribution is -2.74. The van der Waals surface area contributed by atoms with E-state index in [-0.39, 0.29) is 11.5 Å². The smallest absolute Gasteiger partial charge is 0.244 e. The number of methoxy groups -OCH3 is 1. The predicted octanol–water partition coefficient (Wildman–Crippen LogP) is 3.77. The highest BCUT2D eigenvalue weighted by Crippen LogP contribution is 2.48. The summed E-state index contributed by atoms with van der Waals surface area (Å²) in [5, 5.41) is 24.3. The van der Waals surface area contributed by atoms with Crippen molar-refractivity contribution in [2.45, 2.75) is 88.0 Å². The topological polar surface area (TPSA) is 95.9 Å². The summed E-state index contributed by atoms with van der Waals surface area (Å²) in [4.78, 5) is 23.1. The molecule has 6 nitrogen and oxygen atoms in total. The van der Waals surface area contributed by atoms with Crippen molar-refractivity contribution in [3.63, 3.8) is 0 Å². The second-order valence-corrected chi connectivity index (χ2v) is 10.1. The molecule has 3 N–H and O–H groups in total. The van der Waals surface area contributed by atoms with Crippen LogP contribution in [0, 0.1) is 5.92 Å². The van der Waals surface area contributed by atoms with Crippen LogP contribution in [0.25, 0.3) is 0 Å². The van der Waals surface area contributed by atoms with Gasteiger partial charge in [0.2, 0.25) is 5.91 Å². The zero-order valence-corrected chi connectivity index (χ0v) is 20.7. The second-order valence-electron chi connectivity index (χ2n) is 9.03. The van der Waals surface area contributed by atoms with Crippen molar-refractivity contribution < 1.29 is 24.5 Å². The van der Waals surface area contributed by atoms with Crippen LogP contribution in [-0.2, 0) is 14.3 Å². The van der Waals surface area contributed by atoms with Gasteiger partial charge in [0.15, 0.2) is 10.7 Å². The van der Waals surface area contributed by atoms with Crippen LogP contribution >= 0.6 is 23.2 Å². The highest BCUT2D eigenvalue weighted by atomic mass is 35.5. The maximum atomic E-state index is 12.6. The van der Waals surface area contributed by atoms with E-state index in [1.807, 2.05) is 6.92 Å². The molecule has 2 bridgehead atoms. The summed E-state index contributed by atoms with van der Waals surface area (Å²) in [6.45, 7) is 6.27. The molecule has 6 atom stereocenters. The standard InChI is InChI=1S/C24H35Cl2NO5/c1-5-6-7-8-9-15(2)12-16(3)10-11-19(28)27-18-14-23(31)13-17(25)20(29)24(26,21(18)30)22(23)32-4/h10-13,15,18,21-22,30-31H,5-9,14H2,1-4H3,(H,27,28)/b11-10+,16-12+/t15-,18+,21+,22+,23-,24+/m1/s1. The van der Waals surface area contributed by atoms with Crippen LogP contribution in [0.15, 0.2) is 34.9 Å². The normalized spacial score (nSPS) is 33.9. The molecule has 0 spiro atoms. The van der Waals surface area contributed by atoms with Gasteiger partial charge in [-0.1, -0.05) is 68.9 Å². The van der Waals surface area contributed by atoms with Crippen molar-refractivity contribution in [2.75, 3.05) is 7.11 Å². The molecule has 0 radical (unpaired) electrons. The van der Waals surface area contributed by atoms with Gasteiger partial charge in [0.05, 0.1) is 11.1 Å². The average Bonchev–Trinajstić information content (AvgIpc) is 2.72. The first-order chi connectivity index (χ1) is 15.0. The van der Waals surface area contributed by atoms with Crippen molar-refractivity contribution in [1.29, 1.82) is 0 Å². The molecule has 0 aromatic heterocycles. The molecule has 0 aromatic rings. The molecule has 2 rings (SSSR count). The highest BCUT2D eigenvalue weighted by molar-refractivity contribution is 6.51. The Balaban J connectivity index is 2.04. The lowest BCUT2D eigenvalue weighted by Gasteiger charge is -2.53. The molecule has 1 saturated carbocycles. The Morgan fingerprint density at radius 3 is 2.69 bits per heavy atom. The van der Waals surface area contributed by atoms with Gasteiger partial charge >= 0.3 is 0 Å². The van der Waals surface area contributed by atoms with E-state index < -0.39 is 40.4 Å². The fraction of sp³-hybridized carbons (Fsp3) is 0.667. The number of nitrogens with one attached hydrogen (secondary N) is 1. The minimum Gasteiger partial charge on any atom is -0.389 e. The Labute approximate surface area is 200 Å². The van der Waals surface area contributed by atoms with E-state index >= 15 is 0 Å². The molecule has 32 heavy (non-hydrogen) atoms. The van der Waals surface area contributed by atoms with Gasteiger partial charge in [0, 0.05) is 19.6 Å². The van der Waals surface area contributed by atoms with Crippen LogP contribution < -0.4 is 5.32 Å². The Morgan fingerprint density at radius 2 is 2.06 bits per heavy atom. The molecule has 1 fully saturated rings. The van der Waals surface area contributed by atoms with E-state index in [0.29, 0.717) is 5.92 Å². The number of rotatable bonds is 10. The van der Waals surface area contributed by atoms with Gasteiger partial charge in [-0.2, -0.15) is 0 Å². The van der Waals surface area contributed by atoms with Gasteiger partial charge in [0.25, 0.3) is 0 Å². The van der Waals surface area contributed by atoms with Gasteiger partial charge in [-0.15, -0.1) is 11.6 Å². The molecule has 2 aliphatic carbocycles. The number of halogens is 2. The van der Waals surface area contributed by atoms with Crippen LogP contribution in [-0.4, -0.2) is 57.7 Å². The molecule has 1 amide bonds. The number of carbonyl (C=O) groups is 2. The molecular formula is C24H35Cl2NO5. The molecule has 0 heterocycles. The highest BCUT2D eigenvalue weighted by Gasteiger charge is 2.67. The quantitative estimate of drug-likeness (QED) is 0.188. The third-order valence-corrected chi connectivity index (χ3v) is 7.13. The van der Waals surface area contributed by atoms with Crippen molar-refractivity contribution in [3.8, 4) is 0 Å². The Hall–Kier alpha value is -1.18. The number of aliphatic hydroxyl groups is 2. The molecular weight excluding hydrogens is 453 g/mol. The number of hydrogen-bond donors (Lipinski definition) is 3. The summed E-state index contributed by atoms with van der Waals surface area (Å²) in [5.74, 6) is -0.790. The number of ether oxygens (including phenoxy) is 1. The predicted molar refractivity (Wildman–Crippen MR) is 127 cm³/mol. The van der Waals surface area contributed by atoms with Crippen molar-refractivity contribution in [2.24, 2.45) is 5.92 Å². The number of amides is 1. The lowest BCUT2D eigenvalue weighted by molar-refractivity contribution is -0.166. The molecule has 8 heteroatoms. The van der Waals surface area contributed by atoms with E-state index in [1.165, 1.54) is 44.9 Å². The van der Waals surface area contributed by atoms with Gasteiger partial charge in [-0.25, -0.2) is 0 Å². The molecule has 0 aromatic carbocycles. The fourth-order valence-electron chi connectivity index (χ4n) is 4.66. The number of unbranched alkanes of at least 4 members (excludes halogenated alkanes) is 3.